The van der Waals surface area contributed by atoms with Crippen LogP contribution in [0.15, 0.2) is 47.4 Å². The molecule has 0 atom stereocenters. The average Bonchev–Trinajstić information content (AvgIpc) is 2.69. The van der Waals surface area contributed by atoms with Crippen molar-refractivity contribution in [2.75, 3.05) is 4.72 Å². The molecule has 5 nitrogen and oxygen atoms in total. The SMILES string of the molecule is CCc1ccc(NS(=O)(=O)c2ccc(C)c(C(=O)NC3CCCCC3)c2)cc1. The van der Waals surface area contributed by atoms with Gasteiger partial charge in [0, 0.05) is 17.3 Å². The summed E-state index contributed by atoms with van der Waals surface area (Å²) in [4.78, 5) is 12.8. The lowest BCUT2D eigenvalue weighted by Crippen LogP contribution is -2.36. The van der Waals surface area contributed by atoms with E-state index in [0.717, 1.165) is 43.2 Å². The second-order valence-electron chi connectivity index (χ2n) is 7.44. The van der Waals surface area contributed by atoms with Crippen molar-refractivity contribution in [3.63, 3.8) is 0 Å². The fourth-order valence-electron chi connectivity index (χ4n) is 3.55. The van der Waals surface area contributed by atoms with Gasteiger partial charge in [-0.15, -0.1) is 0 Å². The Morgan fingerprint density at radius 3 is 2.36 bits per heavy atom. The highest BCUT2D eigenvalue weighted by atomic mass is 32.2. The Bertz CT molecular complexity index is 931. The molecule has 0 saturated heterocycles. The fourth-order valence-corrected chi connectivity index (χ4v) is 4.63. The summed E-state index contributed by atoms with van der Waals surface area (Å²) in [5.41, 5.74) is 2.82. The van der Waals surface area contributed by atoms with Crippen LogP contribution in [0.25, 0.3) is 0 Å². The molecule has 1 saturated carbocycles. The zero-order chi connectivity index (χ0) is 20.1. The zero-order valence-corrected chi connectivity index (χ0v) is 17.3. The van der Waals surface area contributed by atoms with Crippen molar-refractivity contribution >= 4 is 21.6 Å². The molecule has 0 spiro atoms. The number of aryl methyl sites for hydroxylation is 2. The fraction of sp³-hybridized carbons (Fsp3) is 0.409. The third-order valence-electron chi connectivity index (χ3n) is 5.32. The summed E-state index contributed by atoms with van der Waals surface area (Å²) in [6.07, 6.45) is 6.32. The van der Waals surface area contributed by atoms with E-state index in [1.807, 2.05) is 26.0 Å². The summed E-state index contributed by atoms with van der Waals surface area (Å²) < 4.78 is 28.2. The molecule has 0 bridgehead atoms. The van der Waals surface area contributed by atoms with Gasteiger partial charge in [0.1, 0.15) is 0 Å². The van der Waals surface area contributed by atoms with Gasteiger partial charge >= 0.3 is 0 Å². The molecule has 28 heavy (non-hydrogen) atoms. The average molecular weight is 401 g/mol. The second-order valence-corrected chi connectivity index (χ2v) is 9.12. The van der Waals surface area contributed by atoms with Crippen molar-refractivity contribution < 1.29 is 13.2 Å². The number of sulfonamides is 1. The van der Waals surface area contributed by atoms with Crippen LogP contribution in [0.5, 0.6) is 0 Å². The lowest BCUT2D eigenvalue weighted by atomic mass is 9.95. The van der Waals surface area contributed by atoms with Crippen LogP contribution in [-0.2, 0) is 16.4 Å². The molecule has 0 aromatic heterocycles. The molecule has 6 heteroatoms. The van der Waals surface area contributed by atoms with Crippen LogP contribution in [0.4, 0.5) is 5.69 Å². The Morgan fingerprint density at radius 2 is 1.71 bits per heavy atom. The van der Waals surface area contributed by atoms with Crippen LogP contribution in [0.2, 0.25) is 0 Å². The normalized spacial score (nSPS) is 15.2. The van der Waals surface area contributed by atoms with Crippen LogP contribution >= 0.6 is 0 Å². The number of nitrogens with one attached hydrogen (secondary N) is 2. The van der Waals surface area contributed by atoms with Crippen molar-refractivity contribution in [3.8, 4) is 0 Å². The van der Waals surface area contributed by atoms with Gasteiger partial charge in [0.15, 0.2) is 0 Å². The molecule has 1 aliphatic carbocycles. The summed E-state index contributed by atoms with van der Waals surface area (Å²) in [7, 11) is -3.77. The number of hydrogen-bond acceptors (Lipinski definition) is 3. The Kier molecular flexibility index (Phi) is 6.39. The quantitative estimate of drug-likeness (QED) is 0.754. The molecule has 0 aliphatic heterocycles. The molecule has 3 rings (SSSR count). The highest BCUT2D eigenvalue weighted by Gasteiger charge is 2.21. The van der Waals surface area contributed by atoms with E-state index in [9.17, 15) is 13.2 Å². The molecule has 0 heterocycles. The predicted molar refractivity (Wildman–Crippen MR) is 112 cm³/mol. The van der Waals surface area contributed by atoms with Gasteiger partial charge < -0.3 is 5.32 Å². The largest absolute Gasteiger partial charge is 0.349 e. The first kappa shape index (κ1) is 20.4. The summed E-state index contributed by atoms with van der Waals surface area (Å²) in [6.45, 7) is 3.87. The number of anilines is 1. The monoisotopic (exact) mass is 400 g/mol. The van der Waals surface area contributed by atoms with E-state index in [4.69, 9.17) is 0 Å². The van der Waals surface area contributed by atoms with E-state index in [-0.39, 0.29) is 16.8 Å². The minimum Gasteiger partial charge on any atom is -0.349 e. The summed E-state index contributed by atoms with van der Waals surface area (Å²) in [5.74, 6) is -0.200. The van der Waals surface area contributed by atoms with Gasteiger partial charge in [0.2, 0.25) is 0 Å². The number of amides is 1. The standard InChI is InChI=1S/C22H28N2O3S/c1-3-17-10-12-19(13-11-17)24-28(26,27)20-14-9-16(2)21(15-20)22(25)23-18-7-5-4-6-8-18/h9-15,18,24H,3-8H2,1-2H3,(H,23,25). The van der Waals surface area contributed by atoms with Gasteiger partial charge in [-0.2, -0.15) is 0 Å². The smallest absolute Gasteiger partial charge is 0.261 e. The third kappa shape index (κ3) is 4.93. The Balaban J connectivity index is 1.79. The first-order valence-electron chi connectivity index (χ1n) is 9.92. The Labute approximate surface area is 167 Å². The van der Waals surface area contributed by atoms with Crippen LogP contribution in [-0.4, -0.2) is 20.4 Å². The van der Waals surface area contributed by atoms with E-state index >= 15 is 0 Å². The van der Waals surface area contributed by atoms with Crippen molar-refractivity contribution in [1.82, 2.24) is 5.32 Å². The third-order valence-corrected chi connectivity index (χ3v) is 6.70. The van der Waals surface area contributed by atoms with Gasteiger partial charge in [0.05, 0.1) is 4.90 Å². The van der Waals surface area contributed by atoms with Crippen molar-refractivity contribution in [1.29, 1.82) is 0 Å². The maximum absolute atomic E-state index is 12.8. The minimum absolute atomic E-state index is 0.0893. The molecule has 1 aliphatic rings. The molecule has 0 radical (unpaired) electrons. The van der Waals surface area contributed by atoms with Crippen molar-refractivity contribution in [2.24, 2.45) is 0 Å². The van der Waals surface area contributed by atoms with E-state index < -0.39 is 10.0 Å². The first-order valence-corrected chi connectivity index (χ1v) is 11.4. The van der Waals surface area contributed by atoms with Crippen molar-refractivity contribution in [2.45, 2.75) is 63.3 Å². The molecular weight excluding hydrogens is 372 g/mol. The van der Waals surface area contributed by atoms with E-state index in [1.54, 1.807) is 18.2 Å². The van der Waals surface area contributed by atoms with Gasteiger partial charge in [0.25, 0.3) is 15.9 Å². The van der Waals surface area contributed by atoms with Gasteiger partial charge in [-0.1, -0.05) is 44.4 Å². The molecule has 150 valence electrons. The van der Waals surface area contributed by atoms with Gasteiger partial charge in [-0.25, -0.2) is 8.42 Å². The minimum atomic E-state index is -3.77. The summed E-state index contributed by atoms with van der Waals surface area (Å²) >= 11 is 0. The van der Waals surface area contributed by atoms with Crippen LogP contribution in [0, 0.1) is 6.92 Å². The molecule has 0 unspecified atom stereocenters. The highest BCUT2D eigenvalue weighted by molar-refractivity contribution is 7.92. The van der Waals surface area contributed by atoms with E-state index in [2.05, 4.69) is 10.0 Å². The lowest BCUT2D eigenvalue weighted by molar-refractivity contribution is 0.0927. The molecular formula is C22H28N2O3S. The first-order chi connectivity index (χ1) is 13.4. The Hall–Kier alpha value is -2.34. The van der Waals surface area contributed by atoms with Gasteiger partial charge in [-0.3, -0.25) is 9.52 Å². The summed E-state index contributed by atoms with van der Waals surface area (Å²) in [5, 5.41) is 3.06. The van der Waals surface area contributed by atoms with E-state index in [1.165, 1.54) is 18.6 Å². The molecule has 1 fully saturated rings. The number of hydrogen-bond donors (Lipinski definition) is 2. The molecule has 2 aromatic rings. The van der Waals surface area contributed by atoms with Gasteiger partial charge in [-0.05, 0) is 61.6 Å². The van der Waals surface area contributed by atoms with Crippen LogP contribution in [0.3, 0.4) is 0 Å². The topological polar surface area (TPSA) is 75.3 Å². The van der Waals surface area contributed by atoms with Crippen LogP contribution in [0.1, 0.15) is 60.5 Å². The predicted octanol–water partition coefficient (Wildman–Crippen LogP) is 4.42. The number of rotatable bonds is 6. The lowest BCUT2D eigenvalue weighted by Gasteiger charge is -2.23. The maximum Gasteiger partial charge on any atom is 0.261 e. The number of carbonyl (C=O) groups excluding carboxylic acids is 1. The van der Waals surface area contributed by atoms with Crippen molar-refractivity contribution in [3.05, 3.63) is 59.2 Å². The number of benzene rings is 2. The van der Waals surface area contributed by atoms with E-state index in [0.29, 0.717) is 11.3 Å². The molecule has 2 N–H and O–H groups in total. The number of carbonyl (C=O) groups is 1. The second kappa shape index (κ2) is 8.78. The highest BCUT2D eigenvalue weighted by Crippen LogP contribution is 2.22. The molecule has 1 amide bonds. The zero-order valence-electron chi connectivity index (χ0n) is 16.5. The maximum atomic E-state index is 12.8. The van der Waals surface area contributed by atoms with Crippen LogP contribution < -0.4 is 10.0 Å². The Morgan fingerprint density at radius 1 is 1.04 bits per heavy atom. The molecule has 2 aromatic carbocycles. The summed E-state index contributed by atoms with van der Waals surface area (Å²) in [6, 6.07) is 12.2.